The lowest BCUT2D eigenvalue weighted by molar-refractivity contribution is -0.135. The minimum absolute atomic E-state index is 0.0364. The van der Waals surface area contributed by atoms with Crippen molar-refractivity contribution in [1.82, 2.24) is 30.0 Å². The number of benzene rings is 1. The molecule has 46 heavy (non-hydrogen) atoms. The molecule has 1 N–H and O–H groups in total. The van der Waals surface area contributed by atoms with Crippen molar-refractivity contribution >= 4 is 34.1 Å². The molecular formula is C33H40FN7O5. The van der Waals surface area contributed by atoms with Gasteiger partial charge in [-0.15, -0.1) is 0 Å². The third kappa shape index (κ3) is 5.64. The summed E-state index contributed by atoms with van der Waals surface area (Å²) in [6.07, 6.45) is 8.68. The van der Waals surface area contributed by atoms with Gasteiger partial charge < -0.3 is 23.8 Å². The molecule has 3 aliphatic rings. The molecule has 0 bridgehead atoms. The summed E-state index contributed by atoms with van der Waals surface area (Å²) in [6, 6.07) is 2.15. The van der Waals surface area contributed by atoms with Gasteiger partial charge in [0.25, 0.3) is 6.47 Å². The Hall–Kier alpha value is -3.94. The Morgan fingerprint density at radius 2 is 2.02 bits per heavy atom. The lowest BCUT2D eigenvalue weighted by Gasteiger charge is -2.31. The van der Waals surface area contributed by atoms with E-state index in [9.17, 15) is 4.79 Å². The Balaban J connectivity index is 1.36. The minimum atomic E-state index is -0.555. The number of anilines is 1. The molecule has 0 spiro atoms. The van der Waals surface area contributed by atoms with Crippen molar-refractivity contribution < 1.29 is 28.1 Å². The van der Waals surface area contributed by atoms with Crippen molar-refractivity contribution in [2.24, 2.45) is 0 Å². The second-order valence-corrected chi connectivity index (χ2v) is 12.6. The van der Waals surface area contributed by atoms with Crippen LogP contribution in [0.25, 0.3) is 33.1 Å². The highest BCUT2D eigenvalue weighted by molar-refractivity contribution is 5.99. The normalized spacial score (nSPS) is 19.9. The molecule has 1 atom stereocenters. The molecule has 0 saturated carbocycles. The number of halogens is 1. The smallest absolute Gasteiger partial charge is 0.319 e. The van der Waals surface area contributed by atoms with Crippen LogP contribution in [0.2, 0.25) is 0 Å². The average molecular weight is 634 g/mol. The van der Waals surface area contributed by atoms with Gasteiger partial charge in [0.15, 0.2) is 5.82 Å². The first-order valence-corrected chi connectivity index (χ1v) is 16.1. The number of hydrogen-bond donors (Lipinski definition) is 1. The molecule has 3 aromatic heterocycles. The van der Waals surface area contributed by atoms with E-state index in [4.69, 9.17) is 33.9 Å². The number of pyridine rings is 1. The van der Waals surface area contributed by atoms with Crippen LogP contribution in [0.15, 0.2) is 18.5 Å². The van der Waals surface area contributed by atoms with Crippen molar-refractivity contribution in [2.45, 2.75) is 57.1 Å². The monoisotopic (exact) mass is 633 g/mol. The highest BCUT2D eigenvalue weighted by atomic mass is 19.1. The number of carbonyl (C=O) groups excluding carboxylic acids is 1. The van der Waals surface area contributed by atoms with Gasteiger partial charge in [0.05, 0.1) is 42.4 Å². The number of hydrogen-bond acceptors (Lipinski definition) is 11. The van der Waals surface area contributed by atoms with Crippen molar-refractivity contribution in [3.8, 4) is 17.3 Å². The predicted octanol–water partition coefficient (Wildman–Crippen LogP) is 3.98. The number of ether oxygens (including phenoxy) is 4. The summed E-state index contributed by atoms with van der Waals surface area (Å²) in [6.45, 7) is 7.03. The van der Waals surface area contributed by atoms with Gasteiger partial charge >= 0.3 is 6.01 Å². The van der Waals surface area contributed by atoms with Crippen molar-refractivity contribution in [2.75, 3.05) is 64.6 Å². The maximum atomic E-state index is 17.1. The maximum absolute atomic E-state index is 17.1. The number of aromatic nitrogens is 5. The van der Waals surface area contributed by atoms with E-state index in [-0.39, 0.29) is 29.4 Å². The van der Waals surface area contributed by atoms with Gasteiger partial charge in [-0.2, -0.15) is 15.1 Å². The molecule has 4 aromatic rings. The van der Waals surface area contributed by atoms with Crippen LogP contribution in [0.5, 0.6) is 6.01 Å². The molecule has 7 rings (SSSR count). The van der Waals surface area contributed by atoms with E-state index in [1.807, 2.05) is 17.9 Å². The molecular weight excluding hydrogens is 593 g/mol. The van der Waals surface area contributed by atoms with Crippen LogP contribution >= 0.6 is 0 Å². The number of nitrogens with one attached hydrogen (secondary N) is 1. The van der Waals surface area contributed by atoms with E-state index >= 15 is 4.39 Å². The maximum Gasteiger partial charge on any atom is 0.319 e. The summed E-state index contributed by atoms with van der Waals surface area (Å²) < 4.78 is 39.7. The molecule has 0 aliphatic carbocycles. The molecule has 12 nitrogen and oxygen atoms in total. The molecule has 3 aliphatic heterocycles. The zero-order chi connectivity index (χ0) is 31.7. The first-order valence-electron chi connectivity index (χ1n) is 16.1. The van der Waals surface area contributed by atoms with E-state index in [0.29, 0.717) is 62.6 Å². The van der Waals surface area contributed by atoms with E-state index in [1.165, 1.54) is 0 Å². The number of methoxy groups -OCH3 is 1. The van der Waals surface area contributed by atoms with Crippen LogP contribution in [0.1, 0.15) is 43.2 Å². The standard InChI is InChI=1S/C33H40FN7O5/c1-21-14-26-24(16-36-39-26)27(23(21)6-3-12-43-2)30-28(34)29-25(15-35-30)31(40-11-13-44-18-22(17-40)46-20-42)38-32(37-29)45-19-33-7-4-9-41(33)10-5-8-33/h14-16,20,22H,3-13,17-19H2,1-2H3,(H,36,39). The van der Waals surface area contributed by atoms with Crippen molar-refractivity contribution in [3.63, 3.8) is 0 Å². The lowest BCUT2D eigenvalue weighted by atomic mass is 9.92. The van der Waals surface area contributed by atoms with Crippen molar-refractivity contribution in [1.29, 1.82) is 0 Å². The summed E-state index contributed by atoms with van der Waals surface area (Å²) in [5, 5.41) is 8.53. The third-order valence-corrected chi connectivity index (χ3v) is 9.79. The van der Waals surface area contributed by atoms with Gasteiger partial charge in [0, 0.05) is 37.4 Å². The van der Waals surface area contributed by atoms with Gasteiger partial charge in [-0.05, 0) is 75.7 Å². The number of fused-ring (bicyclic) bond motifs is 3. The zero-order valence-electron chi connectivity index (χ0n) is 26.4. The molecule has 13 heteroatoms. The Bertz CT molecular complexity index is 1720. The zero-order valence-corrected chi connectivity index (χ0v) is 26.4. The molecule has 1 aromatic carbocycles. The van der Waals surface area contributed by atoms with Crippen LogP contribution in [0.3, 0.4) is 0 Å². The molecule has 0 radical (unpaired) electrons. The number of carbonyl (C=O) groups is 1. The number of nitrogens with zero attached hydrogens (tertiary/aromatic N) is 6. The summed E-state index contributed by atoms with van der Waals surface area (Å²) in [5.41, 5.74) is 3.78. The van der Waals surface area contributed by atoms with Crippen LogP contribution in [-0.4, -0.2) is 108 Å². The van der Waals surface area contributed by atoms with Gasteiger partial charge in [-0.25, -0.2) is 4.39 Å². The van der Waals surface area contributed by atoms with E-state index in [1.54, 1.807) is 19.5 Å². The largest absolute Gasteiger partial charge is 0.461 e. The highest BCUT2D eigenvalue weighted by Gasteiger charge is 2.45. The number of rotatable bonds is 11. The fraction of sp³-hybridized carbons (Fsp3) is 0.545. The molecule has 0 amide bonds. The average Bonchev–Trinajstić information content (AvgIpc) is 3.74. The molecule has 6 heterocycles. The Morgan fingerprint density at radius 3 is 2.83 bits per heavy atom. The minimum Gasteiger partial charge on any atom is -0.461 e. The van der Waals surface area contributed by atoms with E-state index in [2.05, 4.69) is 15.1 Å². The third-order valence-electron chi connectivity index (χ3n) is 9.79. The number of aromatic amines is 1. The topological polar surface area (TPSA) is 128 Å². The predicted molar refractivity (Wildman–Crippen MR) is 170 cm³/mol. The van der Waals surface area contributed by atoms with Crippen LogP contribution in [0, 0.1) is 12.7 Å². The van der Waals surface area contributed by atoms with E-state index < -0.39 is 11.9 Å². The Labute approximate surface area is 266 Å². The molecule has 3 saturated heterocycles. The van der Waals surface area contributed by atoms with Gasteiger partial charge in [-0.3, -0.25) is 19.8 Å². The quantitative estimate of drug-likeness (QED) is 0.190. The summed E-state index contributed by atoms with van der Waals surface area (Å²) in [4.78, 5) is 29.9. The number of H-pyrrole nitrogens is 1. The SMILES string of the molecule is COCCCc1c(C)cc2[nH]ncc2c1-c1ncc2c(N3CCOCC(OC=O)C3)nc(OCC34CCCN3CCC4)nc2c1F. The fourth-order valence-corrected chi connectivity index (χ4v) is 7.55. The summed E-state index contributed by atoms with van der Waals surface area (Å²) >= 11 is 0. The number of aryl methyl sites for hydroxylation is 1. The van der Waals surface area contributed by atoms with Crippen molar-refractivity contribution in [3.05, 3.63) is 35.4 Å². The molecule has 244 valence electrons. The summed E-state index contributed by atoms with van der Waals surface area (Å²) in [5.74, 6) is -0.0893. The molecule has 3 fully saturated rings. The van der Waals surface area contributed by atoms with Gasteiger partial charge in [-0.1, -0.05) is 0 Å². The van der Waals surface area contributed by atoms with Gasteiger partial charge in [0.1, 0.15) is 29.7 Å². The Morgan fingerprint density at radius 1 is 1.17 bits per heavy atom. The Kier molecular flexibility index (Phi) is 8.71. The van der Waals surface area contributed by atoms with E-state index in [0.717, 1.165) is 67.2 Å². The summed E-state index contributed by atoms with van der Waals surface area (Å²) in [7, 11) is 1.68. The second-order valence-electron chi connectivity index (χ2n) is 12.6. The van der Waals surface area contributed by atoms with Gasteiger partial charge in [0.2, 0.25) is 0 Å². The van der Waals surface area contributed by atoms with Crippen LogP contribution in [0.4, 0.5) is 10.2 Å². The highest BCUT2D eigenvalue weighted by Crippen LogP contribution is 2.41. The fourth-order valence-electron chi connectivity index (χ4n) is 7.55. The van der Waals surface area contributed by atoms with Crippen LogP contribution < -0.4 is 9.64 Å². The first kappa shape index (κ1) is 30.7. The van der Waals surface area contributed by atoms with Crippen LogP contribution in [-0.2, 0) is 25.4 Å². The lowest BCUT2D eigenvalue weighted by Crippen LogP contribution is -2.43. The first-order chi connectivity index (χ1) is 22.5. The second kappa shape index (κ2) is 13.0. The molecule has 1 unspecified atom stereocenters.